The first-order valence-electron chi connectivity index (χ1n) is 3.20. The van der Waals surface area contributed by atoms with Gasteiger partial charge in [0, 0.05) is 18.9 Å². The molecular weight excluding hydrogens is 142 g/mol. The molecule has 4 heteroatoms. The van der Waals surface area contributed by atoms with E-state index in [4.69, 9.17) is 0 Å². The van der Waals surface area contributed by atoms with E-state index in [1.165, 1.54) is 4.90 Å². The van der Waals surface area contributed by atoms with Crippen LogP contribution >= 0.6 is 0 Å². The highest BCUT2D eigenvalue weighted by Gasteiger charge is 2.02. The summed E-state index contributed by atoms with van der Waals surface area (Å²) in [6.07, 6.45) is 5.60. The van der Waals surface area contributed by atoms with Gasteiger partial charge in [0.2, 0.25) is 12.4 Å². The highest BCUT2D eigenvalue weighted by molar-refractivity contribution is 5.71. The number of aromatic nitrogens is 2. The number of rotatable bonds is 4. The first-order valence-corrected chi connectivity index (χ1v) is 3.20. The van der Waals surface area contributed by atoms with Crippen LogP contribution in [0.4, 0.5) is 5.95 Å². The second-order valence-corrected chi connectivity index (χ2v) is 1.96. The minimum absolute atomic E-state index is 0.469. The van der Waals surface area contributed by atoms with E-state index in [1.807, 2.05) is 0 Å². The van der Waals surface area contributed by atoms with Gasteiger partial charge in [0.1, 0.15) is 0 Å². The number of amides is 1. The fraction of sp³-hybridized carbons (Fsp3) is 0.143. The summed E-state index contributed by atoms with van der Waals surface area (Å²) in [5, 5.41) is 0. The van der Waals surface area contributed by atoms with E-state index >= 15 is 0 Å². The van der Waals surface area contributed by atoms with Gasteiger partial charge in [-0.2, -0.15) is 0 Å². The highest BCUT2D eigenvalue weighted by atomic mass is 16.1. The van der Waals surface area contributed by atoms with Gasteiger partial charge in [-0.25, -0.2) is 4.98 Å². The third-order valence-corrected chi connectivity index (χ3v) is 1.21. The molecule has 1 aromatic heterocycles. The van der Waals surface area contributed by atoms with E-state index in [9.17, 15) is 4.79 Å². The van der Waals surface area contributed by atoms with Crippen molar-refractivity contribution in [1.82, 2.24) is 9.97 Å². The lowest BCUT2D eigenvalue weighted by atomic mass is 10.6. The van der Waals surface area contributed by atoms with Crippen molar-refractivity contribution in [3.8, 4) is 0 Å². The minimum atomic E-state index is 0.469. The largest absolute Gasteiger partial charge is 0.331 e. The second-order valence-electron chi connectivity index (χ2n) is 1.96. The molecule has 1 aromatic rings. The topological polar surface area (TPSA) is 49.0 Å². The quantitative estimate of drug-likeness (QED) is 0.505. The number of nitrogens with zero attached hydrogens (tertiary/aromatic N) is 2. The number of carbonyl (C=O) groups excluding carboxylic acids is 1. The molecule has 1 amide bonds. The number of H-pyrrole nitrogens is 1. The molecule has 0 atom stereocenters. The van der Waals surface area contributed by atoms with Gasteiger partial charge in [-0.15, -0.1) is 6.58 Å². The van der Waals surface area contributed by atoms with Crippen molar-refractivity contribution in [3.05, 3.63) is 25.0 Å². The summed E-state index contributed by atoms with van der Waals surface area (Å²) in [6.45, 7) is 3.99. The van der Waals surface area contributed by atoms with Gasteiger partial charge in [0.05, 0.1) is 0 Å². The van der Waals surface area contributed by atoms with Crippen molar-refractivity contribution < 1.29 is 4.79 Å². The molecule has 1 rings (SSSR count). The molecule has 0 unspecified atom stereocenters. The fourth-order valence-corrected chi connectivity index (χ4v) is 0.733. The number of hydrogen-bond donors (Lipinski definition) is 1. The predicted octanol–water partition coefficient (Wildman–Crippen LogP) is 0.558. The molecule has 0 saturated carbocycles. The number of aromatic amines is 1. The zero-order valence-corrected chi connectivity index (χ0v) is 6.03. The lowest BCUT2D eigenvalue weighted by Crippen LogP contribution is -2.21. The van der Waals surface area contributed by atoms with E-state index < -0.39 is 0 Å². The van der Waals surface area contributed by atoms with Crippen LogP contribution < -0.4 is 4.90 Å². The molecule has 0 fully saturated rings. The molecule has 0 saturated heterocycles. The Balaban J connectivity index is 2.70. The Bertz CT molecular complexity index is 230. The maximum atomic E-state index is 10.4. The monoisotopic (exact) mass is 151 g/mol. The summed E-state index contributed by atoms with van der Waals surface area (Å²) >= 11 is 0. The van der Waals surface area contributed by atoms with Gasteiger partial charge in [-0.05, 0) is 0 Å². The zero-order chi connectivity index (χ0) is 8.10. The van der Waals surface area contributed by atoms with E-state index in [0.717, 1.165) is 0 Å². The van der Waals surface area contributed by atoms with E-state index in [2.05, 4.69) is 16.5 Å². The lowest BCUT2D eigenvalue weighted by Gasteiger charge is -2.09. The highest BCUT2D eigenvalue weighted by Crippen LogP contribution is 2.01. The van der Waals surface area contributed by atoms with Crippen LogP contribution in [0.5, 0.6) is 0 Å². The number of anilines is 1. The molecule has 0 aliphatic heterocycles. The van der Waals surface area contributed by atoms with Gasteiger partial charge in [-0.1, -0.05) is 6.08 Å². The zero-order valence-electron chi connectivity index (χ0n) is 6.03. The Labute approximate surface area is 64.6 Å². The van der Waals surface area contributed by atoms with Crippen LogP contribution in [0.15, 0.2) is 25.0 Å². The molecule has 0 spiro atoms. The van der Waals surface area contributed by atoms with E-state index in [-0.39, 0.29) is 0 Å². The average molecular weight is 151 g/mol. The van der Waals surface area contributed by atoms with Crippen LogP contribution in [0.1, 0.15) is 0 Å². The first kappa shape index (κ1) is 7.53. The molecule has 0 aliphatic carbocycles. The van der Waals surface area contributed by atoms with Gasteiger partial charge in [0.25, 0.3) is 0 Å². The Hall–Kier alpha value is -1.58. The number of carbonyl (C=O) groups is 1. The summed E-state index contributed by atoms with van der Waals surface area (Å²) in [5.41, 5.74) is 0. The van der Waals surface area contributed by atoms with Crippen LogP contribution in [0.25, 0.3) is 0 Å². The Morgan fingerprint density at radius 1 is 1.82 bits per heavy atom. The van der Waals surface area contributed by atoms with Crippen LogP contribution in [0, 0.1) is 0 Å². The first-order chi connectivity index (χ1) is 5.38. The van der Waals surface area contributed by atoms with Crippen LogP contribution in [-0.2, 0) is 4.79 Å². The van der Waals surface area contributed by atoms with Gasteiger partial charge >= 0.3 is 0 Å². The van der Waals surface area contributed by atoms with Crippen molar-refractivity contribution in [1.29, 1.82) is 0 Å². The van der Waals surface area contributed by atoms with Crippen LogP contribution in [0.2, 0.25) is 0 Å². The Morgan fingerprint density at radius 3 is 3.09 bits per heavy atom. The number of imidazole rings is 1. The van der Waals surface area contributed by atoms with Crippen LogP contribution in [-0.4, -0.2) is 22.9 Å². The third kappa shape index (κ3) is 1.67. The van der Waals surface area contributed by atoms with Crippen molar-refractivity contribution in [2.24, 2.45) is 0 Å². The molecule has 58 valence electrons. The molecule has 0 bridgehead atoms. The maximum Gasteiger partial charge on any atom is 0.216 e. The molecule has 0 aliphatic rings. The second kappa shape index (κ2) is 3.55. The number of nitrogens with one attached hydrogen (secondary N) is 1. The van der Waals surface area contributed by atoms with Crippen LogP contribution in [0.3, 0.4) is 0 Å². The van der Waals surface area contributed by atoms with Gasteiger partial charge in [0.15, 0.2) is 0 Å². The minimum Gasteiger partial charge on any atom is -0.331 e. The average Bonchev–Trinajstić information content (AvgIpc) is 2.52. The predicted molar refractivity (Wildman–Crippen MR) is 42.2 cm³/mol. The van der Waals surface area contributed by atoms with Crippen molar-refractivity contribution in [2.75, 3.05) is 11.4 Å². The molecule has 4 nitrogen and oxygen atoms in total. The smallest absolute Gasteiger partial charge is 0.216 e. The normalized spacial score (nSPS) is 9.09. The summed E-state index contributed by atoms with van der Waals surface area (Å²) in [7, 11) is 0. The Kier molecular flexibility index (Phi) is 2.43. The third-order valence-electron chi connectivity index (χ3n) is 1.21. The van der Waals surface area contributed by atoms with Crippen molar-refractivity contribution >= 4 is 12.4 Å². The molecule has 0 radical (unpaired) electrons. The fourth-order valence-electron chi connectivity index (χ4n) is 0.733. The number of hydrogen-bond acceptors (Lipinski definition) is 2. The molecular formula is C7H9N3O. The summed E-state index contributed by atoms with van der Waals surface area (Å²) in [5.74, 6) is 0.542. The lowest BCUT2D eigenvalue weighted by molar-refractivity contribution is -0.107. The summed E-state index contributed by atoms with van der Waals surface area (Å²) < 4.78 is 0. The standard InChI is InChI=1S/C7H9N3O/c1-2-5-10(6-11)7-8-3-4-9-7/h2-4,6H,1,5H2,(H,8,9). The molecule has 11 heavy (non-hydrogen) atoms. The molecule has 1 N–H and O–H groups in total. The molecule has 0 aromatic carbocycles. The van der Waals surface area contributed by atoms with Crippen molar-refractivity contribution in [2.45, 2.75) is 0 Å². The SMILES string of the molecule is C=CCN(C=O)c1ncc[nH]1. The summed E-state index contributed by atoms with van der Waals surface area (Å²) in [4.78, 5) is 18.5. The maximum absolute atomic E-state index is 10.4. The summed E-state index contributed by atoms with van der Waals surface area (Å²) in [6, 6.07) is 0. The Morgan fingerprint density at radius 2 is 2.64 bits per heavy atom. The van der Waals surface area contributed by atoms with E-state index in [1.54, 1.807) is 18.5 Å². The van der Waals surface area contributed by atoms with Gasteiger partial charge in [-0.3, -0.25) is 9.69 Å². The molecule has 1 heterocycles. The van der Waals surface area contributed by atoms with Crippen molar-refractivity contribution in [3.63, 3.8) is 0 Å². The van der Waals surface area contributed by atoms with Gasteiger partial charge < -0.3 is 4.98 Å². The van der Waals surface area contributed by atoms with E-state index in [0.29, 0.717) is 18.9 Å².